The van der Waals surface area contributed by atoms with Crippen LogP contribution in [0.5, 0.6) is 23.0 Å². The molecule has 2 aromatic carbocycles. The highest BCUT2D eigenvalue weighted by atomic mass is 32.1. The maximum absolute atomic E-state index is 16.2. The molecule has 1 aromatic heterocycles. The van der Waals surface area contributed by atoms with Gasteiger partial charge < -0.3 is 175 Å². The zero-order chi connectivity index (χ0) is 107. The third kappa shape index (κ3) is 47.2. The third-order valence-electron chi connectivity index (χ3n) is 21.1. The van der Waals surface area contributed by atoms with Crippen LogP contribution in [-0.2, 0) is 132 Å². The number of amides is 13. The second-order valence-electron chi connectivity index (χ2n) is 32.2. The maximum atomic E-state index is 16.2. The van der Waals surface area contributed by atoms with Gasteiger partial charge in [-0.1, -0.05) is 0 Å². The number of benzene rings is 2. The first-order valence-corrected chi connectivity index (χ1v) is 47.4. The van der Waals surface area contributed by atoms with E-state index < -0.39 is 246 Å². The van der Waals surface area contributed by atoms with E-state index in [0.29, 0.717) is 36.7 Å². The van der Waals surface area contributed by atoms with E-state index in [1.807, 2.05) is 0 Å². The summed E-state index contributed by atoms with van der Waals surface area (Å²) in [6.45, 7) is -0.0729. The molecule has 2 aliphatic heterocycles. The number of hydrogen-bond acceptors (Lipinski definition) is 41. The molecule has 0 saturated heterocycles. The van der Waals surface area contributed by atoms with Gasteiger partial charge in [0.05, 0.1) is 216 Å². The Morgan fingerprint density at radius 1 is 0.434 bits per heavy atom. The molecule has 3 heterocycles. The molecule has 0 saturated carbocycles. The van der Waals surface area contributed by atoms with Crippen molar-refractivity contribution in [3.05, 3.63) is 58.0 Å². The Kier molecular flexibility index (Phi) is 59.3. The van der Waals surface area contributed by atoms with Crippen molar-refractivity contribution in [3.8, 4) is 23.0 Å². The molecule has 814 valence electrons. The van der Waals surface area contributed by atoms with E-state index in [1.165, 1.54) is 44.2 Å². The van der Waals surface area contributed by atoms with Gasteiger partial charge in [0, 0.05) is 118 Å². The average molecular weight is 2090 g/mol. The number of fused-ring (bicyclic) bond motifs is 2. The number of imide groups is 1. The normalized spacial score (nSPS) is 14.5. The summed E-state index contributed by atoms with van der Waals surface area (Å²) in [6, 6.07) is 1.50. The minimum absolute atomic E-state index is 0.0271. The van der Waals surface area contributed by atoms with Crippen LogP contribution in [-0.4, -0.2) is 434 Å². The number of hydrogen-bond donors (Lipinski definition) is 20. The lowest BCUT2D eigenvalue weighted by molar-refractivity contribution is -0.150. The summed E-state index contributed by atoms with van der Waals surface area (Å²) in [6.07, 6.45) is -17.4. The predicted molar refractivity (Wildman–Crippen MR) is 496 cm³/mol. The van der Waals surface area contributed by atoms with Crippen molar-refractivity contribution in [3.63, 3.8) is 0 Å². The molecule has 0 unspecified atom stereocenters. The molecule has 52 nitrogen and oxygen atoms in total. The van der Waals surface area contributed by atoms with E-state index in [9.17, 15) is 118 Å². The summed E-state index contributed by atoms with van der Waals surface area (Å²) in [4.78, 5) is 206. The fraction of sp³-hybridized carbons (Fsp3) is 0.644. The van der Waals surface area contributed by atoms with Crippen LogP contribution in [0.15, 0.2) is 30.4 Å². The van der Waals surface area contributed by atoms with Crippen LogP contribution in [0.1, 0.15) is 105 Å². The molecule has 5 rings (SSSR count). The number of ketones is 1. The Morgan fingerprint density at radius 3 is 1.35 bits per heavy atom. The van der Waals surface area contributed by atoms with Gasteiger partial charge in [0.1, 0.15) is 54.8 Å². The molecular weight excluding hydrogens is 1960 g/mol. The van der Waals surface area contributed by atoms with Crippen molar-refractivity contribution >= 4 is 116 Å². The number of halogens is 2. The molecule has 11 atom stereocenters. The minimum Gasteiger partial charge on any atom is -0.493 e. The fourth-order valence-electron chi connectivity index (χ4n) is 13.1. The molecule has 55 heteroatoms. The molecule has 3 aromatic rings. The first kappa shape index (κ1) is 124. The van der Waals surface area contributed by atoms with E-state index in [-0.39, 0.29) is 221 Å². The van der Waals surface area contributed by atoms with E-state index in [0.717, 1.165) is 28.4 Å². The van der Waals surface area contributed by atoms with Gasteiger partial charge in [-0.15, -0.1) is 11.3 Å². The van der Waals surface area contributed by atoms with Crippen molar-refractivity contribution in [2.45, 2.75) is 165 Å². The highest BCUT2D eigenvalue weighted by Gasteiger charge is 2.36. The maximum Gasteiger partial charge on any atom is 0.306 e. The summed E-state index contributed by atoms with van der Waals surface area (Å²) in [5.41, 5.74) is 0.562. The number of carbonyl (C=O) groups excluding carboxylic acids is 16. The summed E-state index contributed by atoms with van der Waals surface area (Å²) < 4.78 is 109. The summed E-state index contributed by atoms with van der Waals surface area (Å²) >= 11 is 1.03. The van der Waals surface area contributed by atoms with Crippen molar-refractivity contribution < 1.29 is 203 Å². The van der Waals surface area contributed by atoms with E-state index in [1.54, 1.807) is 6.92 Å². The smallest absolute Gasteiger partial charge is 0.306 e. The van der Waals surface area contributed by atoms with Gasteiger partial charge in [-0.3, -0.25) is 81.6 Å². The van der Waals surface area contributed by atoms with E-state index in [2.05, 4.69) is 53.2 Å². The molecule has 2 aliphatic rings. The topological polar surface area (TPSA) is 731 Å². The van der Waals surface area contributed by atoms with Crippen LogP contribution in [0.25, 0.3) is 10.1 Å². The molecule has 0 aliphatic carbocycles. The van der Waals surface area contributed by atoms with Crippen LogP contribution in [0.4, 0.5) is 8.78 Å². The number of nitrogens with one attached hydrogen (secondary N) is 10. The second-order valence-corrected chi connectivity index (χ2v) is 33.2. The molecule has 0 bridgehead atoms. The largest absolute Gasteiger partial charge is 0.493 e. The highest BCUT2D eigenvalue weighted by molar-refractivity contribution is 7.20. The SMILES string of the molecule is CCOC(=O)CCC(=O)c1cc2c(F)c(OCCCOc3c(OC)cc4c(c3F)CN(C(=O)CCC(=O)O[C@@H](C)CNC(=O)CC[C@H](NC(=O)CCN3C(=O)C=CC3=O)C(=O)NCC(=O)NCC(=O)NCC(=O)NCC(=O)NCCOCCOCCOCCOCCOCCOCCOCCOCCC(=O)N[C@@H](CCC(=O)NC[C@H](O)[C@@H](O)[C@H](O)[C@H](O)CO)C(=O)NC[C@H](O)[C@@H](O)[C@H](O)[C@H](O)CO)C4)c(OC)cc2s1. The predicted octanol–water partition coefficient (Wildman–Crippen LogP) is -7.71. The lowest BCUT2D eigenvalue weighted by Gasteiger charge is -2.26. The Morgan fingerprint density at radius 2 is 0.862 bits per heavy atom. The third-order valence-corrected chi connectivity index (χ3v) is 22.2. The first-order chi connectivity index (χ1) is 69.4. The van der Waals surface area contributed by atoms with Crippen LogP contribution in [0.3, 0.4) is 0 Å². The second kappa shape index (κ2) is 69.5. The number of rotatable bonds is 79. The molecule has 145 heavy (non-hydrogen) atoms. The first-order valence-electron chi connectivity index (χ1n) is 46.6. The zero-order valence-corrected chi connectivity index (χ0v) is 81.7. The van der Waals surface area contributed by atoms with E-state index in [4.69, 9.17) is 76.5 Å². The number of esters is 2. The Bertz CT molecular complexity index is 4660. The number of carbonyl (C=O) groups is 16. The van der Waals surface area contributed by atoms with Gasteiger partial charge >= 0.3 is 11.9 Å². The molecule has 13 amide bonds. The van der Waals surface area contributed by atoms with Gasteiger partial charge in [0.25, 0.3) is 11.8 Å². The summed E-state index contributed by atoms with van der Waals surface area (Å²) in [7, 11) is 2.62. The monoisotopic (exact) mass is 2090 g/mol. The highest BCUT2D eigenvalue weighted by Crippen LogP contribution is 2.42. The number of aliphatic hydroxyl groups is 10. The molecule has 0 radical (unpaired) electrons. The van der Waals surface area contributed by atoms with Crippen molar-refractivity contribution in [2.24, 2.45) is 0 Å². The van der Waals surface area contributed by atoms with Crippen molar-refractivity contribution in [1.29, 1.82) is 0 Å². The summed E-state index contributed by atoms with van der Waals surface area (Å²) in [5, 5.41) is 121. The lowest BCUT2D eigenvalue weighted by Crippen LogP contribution is -2.53. The number of ether oxygens (including phenoxy) is 14. The van der Waals surface area contributed by atoms with Crippen LogP contribution in [0, 0.1) is 11.6 Å². The van der Waals surface area contributed by atoms with Gasteiger partial charge in [-0.05, 0) is 44.4 Å². The van der Waals surface area contributed by atoms with Crippen molar-refractivity contribution in [1.82, 2.24) is 63.0 Å². The standard InChI is InChI=1S/C90H134F2N12O40S/c1-5-141-79(123)15-9-59(107)67-40-55-66(145-67)41-65(132-4)88(81(55)91)143-22-6-21-142-87-64(131-3)39-54-49-103(50-56(54)82(87)92)76(120)14-16-80(124)144-53(2)42-94-68(112)10-7-58(101-70(114)17-20-104-77(121)12-13-78(104)122)90(130)100-48-75(119)98-47-74(118)97-46-73(117)96-45-72(116)93-19-24-134-26-28-136-30-32-138-34-36-140-38-37-139-35-33-137-31-29-135-27-25-133-23-18-71(115)102-57(89(129)99-44-61(109)84(126)86(128)63(111)52-106)8-11-69(113)95-43-60(108)83(125)85(127)62(110)51-105/h12-13,39-41,53,57-58,60-63,83-86,105-106,108-111,125-128H,5-11,14-38,42-52H2,1-4H3,(H,93,116)(H,94,112)(H,95,113)(H,96,117)(H,97,118)(H,98,119)(H,99,129)(H,100,130)(H,101,114)(H,102,115)/t53-,57-,58-,60-,61-,62+,63+,83+,84+,85+,86+/m0/s1. The van der Waals surface area contributed by atoms with Crippen LogP contribution < -0.4 is 72.1 Å². The Labute approximate surface area is 835 Å². The van der Waals surface area contributed by atoms with Crippen molar-refractivity contribution in [2.75, 3.05) is 212 Å². The average Bonchev–Trinajstić information content (AvgIpc) is 1.65. The van der Waals surface area contributed by atoms with Gasteiger partial charge in [0.15, 0.2) is 40.4 Å². The molecule has 20 N–H and O–H groups in total. The number of Topliss-reactive ketones (excluding diaryl/α,β-unsaturated/α-hetero) is 1. The van der Waals surface area contributed by atoms with E-state index >= 15 is 8.78 Å². The Hall–Kier alpha value is -11.6. The van der Waals surface area contributed by atoms with Gasteiger partial charge in [-0.25, -0.2) is 8.78 Å². The van der Waals surface area contributed by atoms with Crippen LogP contribution in [0.2, 0.25) is 0 Å². The van der Waals surface area contributed by atoms with Gasteiger partial charge in [0.2, 0.25) is 65.0 Å². The lowest BCUT2D eigenvalue weighted by atomic mass is 10.0. The van der Waals surface area contributed by atoms with Gasteiger partial charge in [-0.2, -0.15) is 0 Å². The fourth-order valence-corrected chi connectivity index (χ4v) is 14.2. The number of nitrogens with zero attached hydrogens (tertiary/aromatic N) is 2. The quantitative estimate of drug-likeness (QED) is 0.0108. The summed E-state index contributed by atoms with van der Waals surface area (Å²) in [5.74, 6) is -13.5. The number of aliphatic hydroxyl groups excluding tert-OH is 10. The van der Waals surface area contributed by atoms with Crippen LogP contribution >= 0.6 is 11.3 Å². The minimum atomic E-state index is -2.02. The molecular formula is C90H134F2N12O40S. The number of thiophene rings is 1. The number of methoxy groups -OCH3 is 2. The molecule has 0 fully saturated rings. The Balaban J connectivity index is 0.847. The molecule has 0 spiro atoms. The zero-order valence-electron chi connectivity index (χ0n) is 80.9.